The van der Waals surface area contributed by atoms with Crippen molar-refractivity contribution in [2.75, 3.05) is 13.3 Å². The number of aliphatic hydroxyl groups excluding tert-OH is 1. The molecule has 0 bridgehead atoms. The maximum Gasteiger partial charge on any atom is 0.436 e. The van der Waals surface area contributed by atoms with Crippen molar-refractivity contribution in [3.8, 4) is 0 Å². The minimum Gasteiger partial charge on any atom is -0.376 e. The predicted molar refractivity (Wildman–Crippen MR) is 45.7 cm³/mol. The van der Waals surface area contributed by atoms with E-state index < -0.39 is 20.4 Å². The Labute approximate surface area is 76.7 Å². The van der Waals surface area contributed by atoms with Crippen molar-refractivity contribution < 1.29 is 23.9 Å². The van der Waals surface area contributed by atoms with Gasteiger partial charge >= 0.3 is 7.75 Å². The molecule has 0 aliphatic heterocycles. The fraction of sp³-hybridized carbons (Fsp3) is 0.833. The topological polar surface area (TPSA) is 87.1 Å². The Hall–Kier alpha value is -0.420. The summed E-state index contributed by atoms with van der Waals surface area (Å²) in [4.78, 5) is 20.2. The molecule has 0 saturated heterocycles. The van der Waals surface area contributed by atoms with Gasteiger partial charge in [-0.1, -0.05) is 6.92 Å². The molecule has 0 aromatic carbocycles. The standard InChI is InChI=1S/C6H14NO5P/c1-3-6(9)7(5-8)13(10,11)12-4-2/h8H,3-5H2,1-2H3,(H,10,11). The van der Waals surface area contributed by atoms with E-state index in [1.807, 2.05) is 0 Å². The molecular formula is C6H14NO5P. The van der Waals surface area contributed by atoms with Gasteiger partial charge in [-0.2, -0.15) is 0 Å². The largest absolute Gasteiger partial charge is 0.436 e. The molecule has 0 spiro atoms. The van der Waals surface area contributed by atoms with E-state index in [0.29, 0.717) is 4.67 Å². The van der Waals surface area contributed by atoms with Crippen molar-refractivity contribution in [1.82, 2.24) is 4.67 Å². The summed E-state index contributed by atoms with van der Waals surface area (Å²) >= 11 is 0. The van der Waals surface area contributed by atoms with Gasteiger partial charge in [0.25, 0.3) is 0 Å². The molecule has 1 amide bonds. The summed E-state index contributed by atoms with van der Waals surface area (Å²) in [5.74, 6) is -0.623. The van der Waals surface area contributed by atoms with Crippen LogP contribution in [0.5, 0.6) is 0 Å². The number of amides is 1. The summed E-state index contributed by atoms with van der Waals surface area (Å²) in [6.07, 6.45) is 0.0399. The van der Waals surface area contributed by atoms with Crippen LogP contribution in [0.3, 0.4) is 0 Å². The van der Waals surface area contributed by atoms with Gasteiger partial charge in [0.2, 0.25) is 5.91 Å². The molecule has 0 radical (unpaired) electrons. The molecule has 0 aliphatic rings. The average molecular weight is 211 g/mol. The third-order valence-electron chi connectivity index (χ3n) is 1.33. The first-order valence-electron chi connectivity index (χ1n) is 3.88. The fourth-order valence-corrected chi connectivity index (χ4v) is 1.78. The highest BCUT2D eigenvalue weighted by atomic mass is 31.2. The van der Waals surface area contributed by atoms with Crippen molar-refractivity contribution in [3.05, 3.63) is 0 Å². The Kier molecular flexibility index (Phi) is 5.17. The highest BCUT2D eigenvalue weighted by Crippen LogP contribution is 2.45. The van der Waals surface area contributed by atoms with Crippen LogP contribution in [0.2, 0.25) is 0 Å². The smallest absolute Gasteiger partial charge is 0.376 e. The predicted octanol–water partition coefficient (Wildman–Crippen LogP) is 0.312. The summed E-state index contributed by atoms with van der Waals surface area (Å²) in [7, 11) is -4.14. The number of hydrogen-bond donors (Lipinski definition) is 2. The number of hydrogen-bond acceptors (Lipinski definition) is 4. The van der Waals surface area contributed by atoms with Crippen LogP contribution in [0, 0.1) is 0 Å². The van der Waals surface area contributed by atoms with Crippen LogP contribution in [0.4, 0.5) is 0 Å². The molecule has 0 aromatic heterocycles. The third-order valence-corrected chi connectivity index (χ3v) is 2.88. The molecule has 0 fully saturated rings. The Balaban J connectivity index is 4.56. The number of aliphatic hydroxyl groups is 1. The van der Waals surface area contributed by atoms with E-state index in [1.165, 1.54) is 13.8 Å². The first-order chi connectivity index (χ1) is 5.99. The van der Waals surface area contributed by atoms with Crippen LogP contribution in [0.25, 0.3) is 0 Å². The summed E-state index contributed by atoms with van der Waals surface area (Å²) in [6, 6.07) is 0. The first kappa shape index (κ1) is 12.6. The van der Waals surface area contributed by atoms with E-state index in [-0.39, 0.29) is 13.0 Å². The Morgan fingerprint density at radius 2 is 2.08 bits per heavy atom. The Morgan fingerprint density at radius 3 is 2.38 bits per heavy atom. The zero-order valence-electron chi connectivity index (χ0n) is 7.63. The molecule has 2 N–H and O–H groups in total. The van der Waals surface area contributed by atoms with Gasteiger partial charge in [0.15, 0.2) is 0 Å². The van der Waals surface area contributed by atoms with Crippen LogP contribution in [0.1, 0.15) is 20.3 Å². The fourth-order valence-electron chi connectivity index (χ4n) is 0.720. The van der Waals surface area contributed by atoms with E-state index >= 15 is 0 Å². The van der Waals surface area contributed by atoms with E-state index in [9.17, 15) is 9.36 Å². The molecule has 13 heavy (non-hydrogen) atoms. The van der Waals surface area contributed by atoms with E-state index in [0.717, 1.165) is 0 Å². The molecule has 0 rings (SSSR count). The molecule has 1 unspecified atom stereocenters. The maximum absolute atomic E-state index is 11.2. The molecular weight excluding hydrogens is 197 g/mol. The van der Waals surface area contributed by atoms with Crippen molar-refractivity contribution >= 4 is 13.7 Å². The van der Waals surface area contributed by atoms with E-state index in [1.54, 1.807) is 0 Å². The van der Waals surface area contributed by atoms with Crippen molar-refractivity contribution in [2.45, 2.75) is 20.3 Å². The van der Waals surface area contributed by atoms with Crippen LogP contribution in [-0.4, -0.2) is 33.9 Å². The van der Waals surface area contributed by atoms with Gasteiger partial charge < -0.3 is 10.00 Å². The summed E-state index contributed by atoms with van der Waals surface area (Å²) in [6.45, 7) is 2.23. The van der Waals surface area contributed by atoms with E-state index in [2.05, 4.69) is 4.52 Å². The number of nitrogens with zero attached hydrogens (tertiary/aromatic N) is 1. The molecule has 78 valence electrons. The van der Waals surface area contributed by atoms with Crippen LogP contribution >= 0.6 is 7.75 Å². The molecule has 1 atom stereocenters. The summed E-state index contributed by atoms with van der Waals surface area (Å²) in [5, 5.41) is 8.68. The first-order valence-corrected chi connectivity index (χ1v) is 5.41. The second-order valence-electron chi connectivity index (χ2n) is 2.20. The number of rotatable bonds is 5. The lowest BCUT2D eigenvalue weighted by Crippen LogP contribution is -2.29. The summed E-state index contributed by atoms with van der Waals surface area (Å²) < 4.78 is 16.1. The average Bonchev–Trinajstić information content (AvgIpc) is 2.04. The van der Waals surface area contributed by atoms with Crippen molar-refractivity contribution in [3.63, 3.8) is 0 Å². The second-order valence-corrected chi connectivity index (χ2v) is 3.92. The molecule has 6 nitrogen and oxygen atoms in total. The minimum atomic E-state index is -4.14. The minimum absolute atomic E-state index is 0.00126. The van der Waals surface area contributed by atoms with Crippen LogP contribution < -0.4 is 0 Å². The SMILES string of the molecule is CCOP(=O)(O)N(CO)C(=O)CC. The third kappa shape index (κ3) is 3.44. The quantitative estimate of drug-likeness (QED) is 0.504. The number of carbonyl (C=O) groups excluding carboxylic acids is 1. The van der Waals surface area contributed by atoms with Gasteiger partial charge in [0, 0.05) is 6.42 Å². The molecule has 0 aliphatic carbocycles. The monoisotopic (exact) mass is 211 g/mol. The van der Waals surface area contributed by atoms with Crippen LogP contribution in [-0.2, 0) is 13.9 Å². The van der Waals surface area contributed by atoms with Crippen molar-refractivity contribution in [1.29, 1.82) is 0 Å². The Morgan fingerprint density at radius 1 is 1.54 bits per heavy atom. The molecule has 0 heterocycles. The zero-order valence-corrected chi connectivity index (χ0v) is 8.53. The zero-order chi connectivity index (χ0) is 10.5. The Bertz CT molecular complexity index is 219. The normalized spacial score (nSPS) is 15.1. The van der Waals surface area contributed by atoms with Gasteiger partial charge in [-0.3, -0.25) is 9.32 Å². The lowest BCUT2D eigenvalue weighted by atomic mass is 10.5. The lowest BCUT2D eigenvalue weighted by Gasteiger charge is -2.23. The van der Waals surface area contributed by atoms with E-state index in [4.69, 9.17) is 10.00 Å². The molecule has 0 saturated carbocycles. The molecule has 0 aromatic rings. The highest BCUT2D eigenvalue weighted by Gasteiger charge is 2.31. The van der Waals surface area contributed by atoms with Gasteiger partial charge in [-0.25, -0.2) is 9.24 Å². The van der Waals surface area contributed by atoms with Gasteiger partial charge in [0.05, 0.1) is 6.61 Å². The number of carbonyl (C=O) groups is 1. The van der Waals surface area contributed by atoms with Crippen molar-refractivity contribution in [2.24, 2.45) is 0 Å². The maximum atomic E-state index is 11.2. The van der Waals surface area contributed by atoms with Crippen LogP contribution in [0.15, 0.2) is 0 Å². The summed E-state index contributed by atoms with van der Waals surface area (Å²) in [5.41, 5.74) is 0. The second kappa shape index (κ2) is 5.34. The molecule has 7 heteroatoms. The lowest BCUT2D eigenvalue weighted by molar-refractivity contribution is -0.129. The van der Waals surface area contributed by atoms with Gasteiger partial charge in [0.1, 0.15) is 6.73 Å². The van der Waals surface area contributed by atoms with Gasteiger partial charge in [-0.15, -0.1) is 0 Å². The highest BCUT2D eigenvalue weighted by molar-refractivity contribution is 7.51. The van der Waals surface area contributed by atoms with Gasteiger partial charge in [-0.05, 0) is 6.92 Å².